The highest BCUT2D eigenvalue weighted by Gasteiger charge is 2.14. The number of hydrogen-bond acceptors (Lipinski definition) is 4. The van der Waals surface area contributed by atoms with Gasteiger partial charge < -0.3 is 5.32 Å². The Morgan fingerprint density at radius 3 is 2.50 bits per heavy atom. The minimum atomic E-state index is -0.0324. The molecule has 4 aromatic rings. The maximum Gasteiger partial charge on any atom is 0.251 e. The number of aromatic nitrogens is 3. The second kappa shape index (κ2) is 10.0. The fourth-order valence-electron chi connectivity index (χ4n) is 3.38. The van der Waals surface area contributed by atoms with Gasteiger partial charge in [0, 0.05) is 23.6 Å². The fourth-order valence-corrected chi connectivity index (χ4v) is 4.33. The molecule has 2 heterocycles. The highest BCUT2D eigenvalue weighted by molar-refractivity contribution is 7.98. The van der Waals surface area contributed by atoms with Crippen LogP contribution in [0.2, 0.25) is 0 Å². The lowest BCUT2D eigenvalue weighted by atomic mass is 10.1. The lowest BCUT2D eigenvalue weighted by molar-refractivity contribution is 0.0939. The van der Waals surface area contributed by atoms with Crippen LogP contribution in [-0.2, 0) is 12.3 Å². The molecule has 1 amide bonds. The number of thioether (sulfide) groups is 1. The standard InChI is InChI=1S/C26H28N4OS/c1-4-19(3)28-25(31)22-13-11-20(12-14-22)16-30-24-23(6-5-15-27-24)29-26(30)32-17-21-9-7-18(2)8-10-21/h5-15,19H,4,16-17H2,1-3H3,(H,28,31)/t19-/m0/s1. The molecule has 0 aliphatic carbocycles. The number of aryl methyl sites for hydroxylation is 1. The Balaban J connectivity index is 1.54. The Hall–Kier alpha value is -3.12. The van der Waals surface area contributed by atoms with Crippen molar-refractivity contribution in [3.8, 4) is 0 Å². The van der Waals surface area contributed by atoms with Crippen molar-refractivity contribution in [1.29, 1.82) is 0 Å². The lowest BCUT2D eigenvalue weighted by Gasteiger charge is -2.12. The molecule has 2 aromatic heterocycles. The summed E-state index contributed by atoms with van der Waals surface area (Å²) < 4.78 is 2.16. The number of nitrogens with zero attached hydrogens (tertiary/aromatic N) is 3. The quantitative estimate of drug-likeness (QED) is 0.359. The number of fused-ring (bicyclic) bond motifs is 1. The van der Waals surface area contributed by atoms with Crippen molar-refractivity contribution in [1.82, 2.24) is 19.9 Å². The molecule has 0 radical (unpaired) electrons. The number of imidazole rings is 1. The van der Waals surface area contributed by atoms with Gasteiger partial charge in [0.15, 0.2) is 10.8 Å². The topological polar surface area (TPSA) is 59.8 Å². The molecular formula is C26H28N4OS. The summed E-state index contributed by atoms with van der Waals surface area (Å²) in [5.41, 5.74) is 6.07. The van der Waals surface area contributed by atoms with Crippen molar-refractivity contribution in [2.45, 2.75) is 50.7 Å². The molecule has 0 unspecified atom stereocenters. The zero-order valence-electron chi connectivity index (χ0n) is 18.7. The summed E-state index contributed by atoms with van der Waals surface area (Å²) in [6.07, 6.45) is 2.71. The van der Waals surface area contributed by atoms with Gasteiger partial charge in [-0.15, -0.1) is 0 Å². The molecule has 4 rings (SSSR count). The van der Waals surface area contributed by atoms with Crippen molar-refractivity contribution in [3.05, 3.63) is 89.1 Å². The highest BCUT2D eigenvalue weighted by atomic mass is 32.2. The first-order valence-electron chi connectivity index (χ1n) is 10.9. The van der Waals surface area contributed by atoms with Crippen molar-refractivity contribution in [2.75, 3.05) is 0 Å². The number of nitrogens with one attached hydrogen (secondary N) is 1. The SMILES string of the molecule is CC[C@H](C)NC(=O)c1ccc(Cn2c(SCc3ccc(C)cc3)nc3cccnc32)cc1. The maximum absolute atomic E-state index is 12.4. The van der Waals surface area contributed by atoms with E-state index in [1.165, 1.54) is 11.1 Å². The molecule has 0 bridgehead atoms. The van der Waals surface area contributed by atoms with Gasteiger partial charge >= 0.3 is 0 Å². The van der Waals surface area contributed by atoms with Gasteiger partial charge in [-0.2, -0.15) is 0 Å². The average molecular weight is 445 g/mol. The Labute approximate surface area is 193 Å². The molecule has 164 valence electrons. The zero-order valence-corrected chi connectivity index (χ0v) is 19.5. The predicted molar refractivity (Wildman–Crippen MR) is 131 cm³/mol. The monoisotopic (exact) mass is 444 g/mol. The third-order valence-corrected chi connectivity index (χ3v) is 6.55. The average Bonchev–Trinajstić information content (AvgIpc) is 3.16. The molecular weight excluding hydrogens is 416 g/mol. The summed E-state index contributed by atoms with van der Waals surface area (Å²) in [6, 6.07) is 20.5. The van der Waals surface area contributed by atoms with Gasteiger partial charge in [0.05, 0.1) is 6.54 Å². The number of amides is 1. The number of pyridine rings is 1. The zero-order chi connectivity index (χ0) is 22.5. The van der Waals surface area contributed by atoms with Crippen LogP contribution < -0.4 is 5.32 Å². The summed E-state index contributed by atoms with van der Waals surface area (Å²) in [5.74, 6) is 0.813. The molecule has 32 heavy (non-hydrogen) atoms. The smallest absolute Gasteiger partial charge is 0.251 e. The van der Waals surface area contributed by atoms with Crippen molar-refractivity contribution in [3.63, 3.8) is 0 Å². The number of carbonyl (C=O) groups is 1. The number of rotatable bonds is 8. The van der Waals surface area contributed by atoms with Gasteiger partial charge in [0.2, 0.25) is 0 Å². The van der Waals surface area contributed by atoms with E-state index < -0.39 is 0 Å². The van der Waals surface area contributed by atoms with Gasteiger partial charge in [-0.3, -0.25) is 9.36 Å². The molecule has 6 heteroatoms. The van der Waals surface area contributed by atoms with E-state index in [0.29, 0.717) is 12.1 Å². The number of carbonyl (C=O) groups excluding carboxylic acids is 1. The van der Waals surface area contributed by atoms with Crippen molar-refractivity contribution >= 4 is 28.8 Å². The molecule has 0 saturated carbocycles. The first-order valence-corrected chi connectivity index (χ1v) is 11.9. The van der Waals surface area contributed by atoms with Crippen LogP contribution in [-0.4, -0.2) is 26.5 Å². The molecule has 0 aliphatic heterocycles. The van der Waals surface area contributed by atoms with E-state index in [4.69, 9.17) is 4.98 Å². The van der Waals surface area contributed by atoms with Crippen molar-refractivity contribution < 1.29 is 4.79 Å². The molecule has 0 spiro atoms. The Kier molecular flexibility index (Phi) is 6.90. The number of hydrogen-bond donors (Lipinski definition) is 1. The first-order chi connectivity index (χ1) is 15.5. The van der Waals surface area contributed by atoms with E-state index in [2.05, 4.69) is 53.0 Å². The van der Waals surface area contributed by atoms with Gasteiger partial charge in [-0.05, 0) is 55.7 Å². The summed E-state index contributed by atoms with van der Waals surface area (Å²) in [7, 11) is 0. The van der Waals surface area contributed by atoms with E-state index in [1.54, 1.807) is 18.0 Å². The number of benzene rings is 2. The molecule has 1 N–H and O–H groups in total. The van der Waals surface area contributed by atoms with Gasteiger partial charge in [0.25, 0.3) is 5.91 Å². The molecule has 5 nitrogen and oxygen atoms in total. The van der Waals surface area contributed by atoms with E-state index in [-0.39, 0.29) is 11.9 Å². The molecule has 1 atom stereocenters. The minimum absolute atomic E-state index is 0.0324. The van der Waals surface area contributed by atoms with Crippen LogP contribution in [0.3, 0.4) is 0 Å². The van der Waals surface area contributed by atoms with Gasteiger partial charge in [-0.1, -0.05) is 60.6 Å². The van der Waals surface area contributed by atoms with E-state index >= 15 is 0 Å². The normalized spacial score (nSPS) is 12.1. The van der Waals surface area contributed by atoms with E-state index in [0.717, 1.165) is 34.1 Å². The predicted octanol–water partition coefficient (Wildman–Crippen LogP) is 5.61. The Morgan fingerprint density at radius 2 is 1.78 bits per heavy atom. The Bertz CT molecular complexity index is 1200. The third-order valence-electron chi connectivity index (χ3n) is 5.50. The highest BCUT2D eigenvalue weighted by Crippen LogP contribution is 2.27. The second-order valence-electron chi connectivity index (χ2n) is 8.08. The first kappa shape index (κ1) is 22.1. The Morgan fingerprint density at radius 1 is 1.06 bits per heavy atom. The maximum atomic E-state index is 12.4. The third kappa shape index (κ3) is 5.19. The van der Waals surface area contributed by atoms with Crippen molar-refractivity contribution in [2.24, 2.45) is 0 Å². The molecule has 0 saturated heterocycles. The van der Waals surface area contributed by atoms with Crippen LogP contribution in [0.5, 0.6) is 0 Å². The fraction of sp³-hybridized carbons (Fsp3) is 0.269. The summed E-state index contributed by atoms with van der Waals surface area (Å²) in [6.45, 7) is 6.82. The van der Waals surface area contributed by atoms with Crippen LogP contribution in [0, 0.1) is 6.92 Å². The summed E-state index contributed by atoms with van der Waals surface area (Å²) >= 11 is 1.72. The second-order valence-corrected chi connectivity index (χ2v) is 9.02. The minimum Gasteiger partial charge on any atom is -0.350 e. The molecule has 0 fully saturated rings. The molecule has 2 aromatic carbocycles. The van der Waals surface area contributed by atoms with E-state index in [9.17, 15) is 4.79 Å². The molecule has 0 aliphatic rings. The van der Waals surface area contributed by atoms with E-state index in [1.807, 2.05) is 43.3 Å². The van der Waals surface area contributed by atoms with Crippen LogP contribution in [0.1, 0.15) is 47.3 Å². The van der Waals surface area contributed by atoms with Crippen LogP contribution in [0.25, 0.3) is 11.2 Å². The lowest BCUT2D eigenvalue weighted by Crippen LogP contribution is -2.31. The summed E-state index contributed by atoms with van der Waals surface area (Å²) in [4.78, 5) is 21.8. The van der Waals surface area contributed by atoms with Gasteiger partial charge in [0.1, 0.15) is 5.52 Å². The largest absolute Gasteiger partial charge is 0.350 e. The van der Waals surface area contributed by atoms with Crippen LogP contribution >= 0.6 is 11.8 Å². The van der Waals surface area contributed by atoms with Gasteiger partial charge in [-0.25, -0.2) is 9.97 Å². The van der Waals surface area contributed by atoms with Crippen LogP contribution in [0.15, 0.2) is 72.0 Å². The summed E-state index contributed by atoms with van der Waals surface area (Å²) in [5, 5.41) is 3.95. The van der Waals surface area contributed by atoms with Crippen LogP contribution in [0.4, 0.5) is 0 Å².